The maximum Gasteiger partial charge on any atom is 0.264 e. The third-order valence-electron chi connectivity index (χ3n) is 5.53. The van der Waals surface area contributed by atoms with Crippen LogP contribution in [0.1, 0.15) is 38.8 Å². The molecule has 162 valence electrons. The molecule has 3 rings (SSSR count). The summed E-state index contributed by atoms with van der Waals surface area (Å²) in [6.45, 7) is 11.2. The molecule has 1 atom stereocenters. The monoisotopic (exact) mass is 493 g/mol. The van der Waals surface area contributed by atoms with E-state index in [0.717, 1.165) is 29.9 Å². The summed E-state index contributed by atoms with van der Waals surface area (Å²) in [5.41, 5.74) is 3.75. The van der Waals surface area contributed by atoms with Crippen molar-refractivity contribution >= 4 is 48.9 Å². The summed E-state index contributed by atoms with van der Waals surface area (Å²) in [5, 5.41) is 0. The summed E-state index contributed by atoms with van der Waals surface area (Å²) >= 11 is 3.43. The number of hydrogen-bond acceptors (Lipinski definition) is 4. The van der Waals surface area contributed by atoms with Crippen molar-refractivity contribution in [3.8, 4) is 0 Å². The lowest BCUT2D eigenvalue weighted by Gasteiger charge is -2.24. The van der Waals surface area contributed by atoms with E-state index in [1.54, 1.807) is 17.0 Å². The van der Waals surface area contributed by atoms with Gasteiger partial charge in [0.25, 0.3) is 10.0 Å². The van der Waals surface area contributed by atoms with Gasteiger partial charge in [0, 0.05) is 36.2 Å². The van der Waals surface area contributed by atoms with Gasteiger partial charge >= 0.3 is 0 Å². The molecule has 1 N–H and O–H groups in total. The van der Waals surface area contributed by atoms with E-state index < -0.39 is 10.0 Å². The summed E-state index contributed by atoms with van der Waals surface area (Å²) in [6, 6.07) is 9.07. The standard InChI is InChI=1S/C22H28BrN3O3S/c1-6-25(7-2)19-8-9-20(14(3)10-19)24-30(28,29)21-13-18(23)12-17-11-15(4)26(16(5)27)22(17)21/h8-10,12-13,15,24H,6-7,11H2,1-5H3. The molecule has 2 aromatic carbocycles. The molecule has 0 saturated heterocycles. The number of carbonyl (C=O) groups excluding carboxylic acids is 1. The molecule has 0 fully saturated rings. The molecule has 0 aliphatic carbocycles. The van der Waals surface area contributed by atoms with Crippen molar-refractivity contribution < 1.29 is 13.2 Å². The van der Waals surface area contributed by atoms with Gasteiger partial charge in [-0.1, -0.05) is 15.9 Å². The quantitative estimate of drug-likeness (QED) is 0.632. The summed E-state index contributed by atoms with van der Waals surface area (Å²) in [7, 11) is -3.91. The van der Waals surface area contributed by atoms with E-state index in [2.05, 4.69) is 39.4 Å². The number of anilines is 3. The average Bonchev–Trinajstić information content (AvgIpc) is 2.99. The molecule has 8 heteroatoms. The lowest BCUT2D eigenvalue weighted by molar-refractivity contribution is -0.116. The first kappa shape index (κ1) is 22.6. The molecule has 0 aromatic heterocycles. The van der Waals surface area contributed by atoms with Crippen molar-refractivity contribution in [3.63, 3.8) is 0 Å². The second-order valence-corrected chi connectivity index (χ2v) is 10.2. The molecule has 0 saturated carbocycles. The first-order valence-electron chi connectivity index (χ1n) is 10.1. The minimum Gasteiger partial charge on any atom is -0.372 e. The normalized spacial score (nSPS) is 15.8. The maximum atomic E-state index is 13.4. The molecule has 1 aliphatic rings. The van der Waals surface area contributed by atoms with Gasteiger partial charge in [-0.05, 0) is 75.6 Å². The SMILES string of the molecule is CCN(CC)c1ccc(NS(=O)(=O)c2cc(Br)cc3c2N(C(C)=O)C(C)C3)c(C)c1. The number of hydrogen-bond donors (Lipinski definition) is 1. The number of halogens is 1. The zero-order chi connectivity index (χ0) is 22.2. The highest BCUT2D eigenvalue weighted by Gasteiger charge is 2.35. The van der Waals surface area contributed by atoms with Crippen LogP contribution in [0.25, 0.3) is 0 Å². The van der Waals surface area contributed by atoms with Crippen molar-refractivity contribution in [1.29, 1.82) is 0 Å². The number of carbonyl (C=O) groups is 1. The number of nitrogens with zero attached hydrogens (tertiary/aromatic N) is 2. The van der Waals surface area contributed by atoms with Gasteiger partial charge in [-0.3, -0.25) is 9.52 Å². The van der Waals surface area contributed by atoms with Crippen molar-refractivity contribution in [2.24, 2.45) is 0 Å². The van der Waals surface area contributed by atoms with Crippen LogP contribution in [0.4, 0.5) is 17.1 Å². The molecule has 1 amide bonds. The van der Waals surface area contributed by atoms with E-state index in [1.807, 2.05) is 32.0 Å². The van der Waals surface area contributed by atoms with E-state index in [9.17, 15) is 13.2 Å². The lowest BCUT2D eigenvalue weighted by Crippen LogP contribution is -2.34. The molecule has 1 aliphatic heterocycles. The summed E-state index contributed by atoms with van der Waals surface area (Å²) < 4.78 is 30.2. The minimum atomic E-state index is -3.91. The van der Waals surface area contributed by atoms with E-state index >= 15 is 0 Å². The Morgan fingerprint density at radius 2 is 1.90 bits per heavy atom. The first-order chi connectivity index (χ1) is 14.1. The highest BCUT2D eigenvalue weighted by Crippen LogP contribution is 2.41. The van der Waals surface area contributed by atoms with Gasteiger partial charge in [0.2, 0.25) is 5.91 Å². The minimum absolute atomic E-state index is 0.0872. The van der Waals surface area contributed by atoms with Gasteiger partial charge in [-0.2, -0.15) is 0 Å². The Morgan fingerprint density at radius 1 is 1.23 bits per heavy atom. The van der Waals surface area contributed by atoms with Crippen molar-refractivity contribution in [3.05, 3.63) is 45.9 Å². The Hall–Kier alpha value is -2.06. The third kappa shape index (κ3) is 4.21. The van der Waals surface area contributed by atoms with Crippen LogP contribution in [0.5, 0.6) is 0 Å². The Balaban J connectivity index is 2.03. The topological polar surface area (TPSA) is 69.7 Å². The zero-order valence-electron chi connectivity index (χ0n) is 18.0. The fourth-order valence-electron chi connectivity index (χ4n) is 4.11. The van der Waals surface area contributed by atoms with Gasteiger partial charge in [-0.15, -0.1) is 0 Å². The van der Waals surface area contributed by atoms with Gasteiger partial charge in [0.05, 0.1) is 11.4 Å². The highest BCUT2D eigenvalue weighted by molar-refractivity contribution is 9.10. The van der Waals surface area contributed by atoms with Crippen LogP contribution in [0.3, 0.4) is 0 Å². The lowest BCUT2D eigenvalue weighted by atomic mass is 10.1. The molecule has 0 spiro atoms. The van der Waals surface area contributed by atoms with Crippen LogP contribution in [0, 0.1) is 6.92 Å². The van der Waals surface area contributed by atoms with Crippen molar-refractivity contribution in [1.82, 2.24) is 0 Å². The number of aryl methyl sites for hydroxylation is 1. The largest absolute Gasteiger partial charge is 0.372 e. The molecule has 0 radical (unpaired) electrons. The fraction of sp³-hybridized carbons (Fsp3) is 0.409. The van der Waals surface area contributed by atoms with Crippen LogP contribution in [-0.2, 0) is 21.2 Å². The van der Waals surface area contributed by atoms with Crippen LogP contribution in [0.2, 0.25) is 0 Å². The predicted molar refractivity (Wildman–Crippen MR) is 126 cm³/mol. The zero-order valence-corrected chi connectivity index (χ0v) is 20.4. The smallest absolute Gasteiger partial charge is 0.264 e. The van der Waals surface area contributed by atoms with Gasteiger partial charge in [0.15, 0.2) is 0 Å². The van der Waals surface area contributed by atoms with Crippen molar-refractivity contribution in [2.75, 3.05) is 27.6 Å². The Labute approximate surface area is 187 Å². The van der Waals surface area contributed by atoms with Crippen molar-refractivity contribution in [2.45, 2.75) is 52.0 Å². The average molecular weight is 494 g/mol. The van der Waals surface area contributed by atoms with Crippen LogP contribution in [0.15, 0.2) is 39.7 Å². The predicted octanol–water partition coefficient (Wildman–Crippen LogP) is 4.70. The van der Waals surface area contributed by atoms with Gasteiger partial charge in [0.1, 0.15) is 4.90 Å². The second kappa shape index (κ2) is 8.59. The second-order valence-electron chi connectivity index (χ2n) is 7.63. The molecule has 30 heavy (non-hydrogen) atoms. The van der Waals surface area contributed by atoms with Gasteiger partial charge in [-0.25, -0.2) is 8.42 Å². The Morgan fingerprint density at radius 3 is 2.47 bits per heavy atom. The summed E-state index contributed by atoms with van der Waals surface area (Å²) in [5.74, 6) is -0.167. The molecule has 1 heterocycles. The highest BCUT2D eigenvalue weighted by atomic mass is 79.9. The third-order valence-corrected chi connectivity index (χ3v) is 7.36. The molecule has 0 bridgehead atoms. The van der Waals surface area contributed by atoms with Crippen LogP contribution in [-0.4, -0.2) is 33.5 Å². The van der Waals surface area contributed by atoms with Crippen LogP contribution >= 0.6 is 15.9 Å². The molecule has 6 nitrogen and oxygen atoms in total. The number of benzene rings is 2. The Bertz CT molecular complexity index is 1080. The molecule has 2 aromatic rings. The number of fused-ring (bicyclic) bond motifs is 1. The number of rotatable bonds is 6. The van der Waals surface area contributed by atoms with E-state index in [1.165, 1.54) is 6.92 Å². The Kier molecular flexibility index (Phi) is 6.48. The molecular weight excluding hydrogens is 466 g/mol. The van der Waals surface area contributed by atoms with Crippen LogP contribution < -0.4 is 14.5 Å². The fourth-order valence-corrected chi connectivity index (χ4v) is 6.16. The number of nitrogens with one attached hydrogen (secondary N) is 1. The first-order valence-corrected chi connectivity index (χ1v) is 12.4. The molecular formula is C22H28BrN3O3S. The van der Waals surface area contributed by atoms with E-state index in [-0.39, 0.29) is 16.8 Å². The van der Waals surface area contributed by atoms with Gasteiger partial charge < -0.3 is 9.80 Å². The van der Waals surface area contributed by atoms with E-state index in [0.29, 0.717) is 22.3 Å². The summed E-state index contributed by atoms with van der Waals surface area (Å²) in [6.07, 6.45) is 0.620. The van der Waals surface area contributed by atoms with E-state index in [4.69, 9.17) is 0 Å². The molecule has 1 unspecified atom stereocenters. The number of sulfonamides is 1. The number of amides is 1. The maximum absolute atomic E-state index is 13.4. The summed E-state index contributed by atoms with van der Waals surface area (Å²) in [4.78, 5) is 16.1.